The van der Waals surface area contributed by atoms with E-state index in [9.17, 15) is 4.79 Å². The summed E-state index contributed by atoms with van der Waals surface area (Å²) in [5.74, 6) is 0.606. The first-order valence-corrected chi connectivity index (χ1v) is 10.6. The average molecular weight is 399 g/mol. The fourth-order valence-electron chi connectivity index (χ4n) is 4.02. The summed E-state index contributed by atoms with van der Waals surface area (Å²) in [6.07, 6.45) is 7.12. The fourth-order valence-corrected chi connectivity index (χ4v) is 4.02. The van der Waals surface area contributed by atoms with E-state index in [1.165, 1.54) is 6.42 Å². The summed E-state index contributed by atoms with van der Waals surface area (Å²) in [6.45, 7) is 1.41. The third kappa shape index (κ3) is 5.61. The number of nitrogens with zero attached hydrogens (tertiary/aromatic N) is 4. The molecule has 0 bridgehead atoms. The van der Waals surface area contributed by atoms with Gasteiger partial charge in [0.25, 0.3) is 0 Å². The standard InChI is InChI=1S/C21H29N5O3/c27-20(15-28-14-19-8-4-5-13-29-19)22-17-9-11-18(12-10-17)26-24-21(23-25-26)16-6-2-1-3-7-16/h1-3,6-7,17-19H,4-5,8-15H2,(H,22,27). The highest BCUT2D eigenvalue weighted by atomic mass is 16.5. The van der Waals surface area contributed by atoms with Gasteiger partial charge in [0.15, 0.2) is 0 Å². The molecule has 4 rings (SSSR count). The molecule has 1 N–H and O–H groups in total. The van der Waals surface area contributed by atoms with Crippen LogP contribution >= 0.6 is 0 Å². The molecule has 156 valence electrons. The highest BCUT2D eigenvalue weighted by Gasteiger charge is 2.25. The molecule has 1 saturated carbocycles. The van der Waals surface area contributed by atoms with Crippen molar-refractivity contribution in [3.05, 3.63) is 30.3 Å². The van der Waals surface area contributed by atoms with Gasteiger partial charge in [-0.15, -0.1) is 10.2 Å². The minimum atomic E-state index is -0.0468. The molecular weight excluding hydrogens is 370 g/mol. The monoisotopic (exact) mass is 399 g/mol. The van der Waals surface area contributed by atoms with Gasteiger partial charge < -0.3 is 14.8 Å². The topological polar surface area (TPSA) is 91.2 Å². The van der Waals surface area contributed by atoms with Crippen LogP contribution in [0.4, 0.5) is 0 Å². The number of carbonyl (C=O) groups is 1. The van der Waals surface area contributed by atoms with Crippen molar-refractivity contribution < 1.29 is 14.3 Å². The Morgan fingerprint density at radius 1 is 1.14 bits per heavy atom. The maximum absolute atomic E-state index is 12.1. The Morgan fingerprint density at radius 3 is 2.72 bits per heavy atom. The summed E-state index contributed by atoms with van der Waals surface area (Å²) in [7, 11) is 0. The van der Waals surface area contributed by atoms with E-state index in [0.717, 1.165) is 50.7 Å². The van der Waals surface area contributed by atoms with E-state index < -0.39 is 0 Å². The Balaban J connectivity index is 1.17. The minimum Gasteiger partial charge on any atom is -0.376 e. The Hall–Kier alpha value is -2.32. The molecule has 0 radical (unpaired) electrons. The van der Waals surface area contributed by atoms with Gasteiger partial charge in [-0.05, 0) is 50.2 Å². The molecule has 0 spiro atoms. The second kappa shape index (κ2) is 9.93. The summed E-state index contributed by atoms with van der Waals surface area (Å²) in [5.41, 5.74) is 0.971. The van der Waals surface area contributed by atoms with Crippen molar-refractivity contribution in [2.24, 2.45) is 0 Å². The molecule has 29 heavy (non-hydrogen) atoms. The minimum absolute atomic E-state index is 0.0468. The van der Waals surface area contributed by atoms with Crippen LogP contribution in [0.3, 0.4) is 0 Å². The van der Waals surface area contributed by atoms with Crippen molar-refractivity contribution in [3.8, 4) is 11.4 Å². The van der Waals surface area contributed by atoms with Crippen LogP contribution in [-0.2, 0) is 14.3 Å². The summed E-state index contributed by atoms with van der Waals surface area (Å²) >= 11 is 0. The number of hydrogen-bond donors (Lipinski definition) is 1. The lowest BCUT2D eigenvalue weighted by molar-refractivity contribution is -0.128. The van der Waals surface area contributed by atoms with E-state index in [0.29, 0.717) is 12.4 Å². The van der Waals surface area contributed by atoms with Crippen LogP contribution in [0.15, 0.2) is 30.3 Å². The van der Waals surface area contributed by atoms with Gasteiger partial charge in [0.05, 0.1) is 18.8 Å². The van der Waals surface area contributed by atoms with Gasteiger partial charge in [-0.25, -0.2) is 0 Å². The molecule has 2 aromatic rings. The summed E-state index contributed by atoms with van der Waals surface area (Å²) < 4.78 is 11.2. The van der Waals surface area contributed by atoms with Crippen molar-refractivity contribution in [1.29, 1.82) is 0 Å². The number of aromatic nitrogens is 4. The van der Waals surface area contributed by atoms with Crippen LogP contribution in [0.1, 0.15) is 51.0 Å². The third-order valence-electron chi connectivity index (χ3n) is 5.66. The van der Waals surface area contributed by atoms with Crippen molar-refractivity contribution in [3.63, 3.8) is 0 Å². The molecular formula is C21H29N5O3. The van der Waals surface area contributed by atoms with Crippen LogP contribution in [0, 0.1) is 0 Å². The fraction of sp³-hybridized carbons (Fsp3) is 0.619. The quantitative estimate of drug-likeness (QED) is 0.769. The zero-order valence-corrected chi connectivity index (χ0v) is 16.7. The number of carbonyl (C=O) groups excluding carboxylic acids is 1. The first-order valence-electron chi connectivity index (χ1n) is 10.6. The van der Waals surface area contributed by atoms with Gasteiger partial charge in [0.1, 0.15) is 6.61 Å². The number of nitrogens with one attached hydrogen (secondary N) is 1. The van der Waals surface area contributed by atoms with Gasteiger partial charge in [-0.1, -0.05) is 30.3 Å². The largest absolute Gasteiger partial charge is 0.376 e. The van der Waals surface area contributed by atoms with Gasteiger partial charge in [-0.3, -0.25) is 4.79 Å². The van der Waals surface area contributed by atoms with Gasteiger partial charge in [0.2, 0.25) is 11.7 Å². The highest BCUT2D eigenvalue weighted by molar-refractivity contribution is 5.77. The van der Waals surface area contributed by atoms with E-state index in [1.807, 2.05) is 30.3 Å². The Kier molecular flexibility index (Phi) is 6.84. The summed E-state index contributed by atoms with van der Waals surface area (Å²) in [4.78, 5) is 13.9. The van der Waals surface area contributed by atoms with Crippen LogP contribution in [0.5, 0.6) is 0 Å². The smallest absolute Gasteiger partial charge is 0.246 e. The van der Waals surface area contributed by atoms with E-state index in [2.05, 4.69) is 20.7 Å². The SMILES string of the molecule is O=C(COCC1CCCCO1)NC1CCC(n2nnc(-c3ccccc3)n2)CC1. The van der Waals surface area contributed by atoms with E-state index in [4.69, 9.17) is 9.47 Å². The molecule has 8 nitrogen and oxygen atoms in total. The molecule has 1 atom stereocenters. The Morgan fingerprint density at radius 2 is 1.97 bits per heavy atom. The number of benzene rings is 1. The number of rotatable bonds is 7. The molecule has 1 unspecified atom stereocenters. The molecule has 1 aromatic carbocycles. The number of ether oxygens (including phenoxy) is 2. The van der Waals surface area contributed by atoms with Gasteiger partial charge >= 0.3 is 0 Å². The van der Waals surface area contributed by atoms with E-state index in [1.54, 1.807) is 4.80 Å². The van der Waals surface area contributed by atoms with E-state index in [-0.39, 0.29) is 30.7 Å². The molecule has 1 amide bonds. The number of amides is 1. The van der Waals surface area contributed by atoms with E-state index >= 15 is 0 Å². The molecule has 2 heterocycles. The molecule has 1 aliphatic heterocycles. The molecule has 1 aliphatic carbocycles. The maximum atomic E-state index is 12.1. The maximum Gasteiger partial charge on any atom is 0.246 e. The Bertz CT molecular complexity index is 768. The lowest BCUT2D eigenvalue weighted by Gasteiger charge is -2.28. The van der Waals surface area contributed by atoms with Crippen molar-refractivity contribution in [1.82, 2.24) is 25.5 Å². The zero-order chi connectivity index (χ0) is 19.9. The number of tetrazole rings is 1. The van der Waals surface area contributed by atoms with Crippen LogP contribution in [0.25, 0.3) is 11.4 Å². The predicted molar refractivity (Wildman–Crippen MR) is 107 cm³/mol. The first kappa shape index (κ1) is 20.0. The lowest BCUT2D eigenvalue weighted by atomic mass is 9.91. The zero-order valence-electron chi connectivity index (χ0n) is 16.7. The molecule has 1 aromatic heterocycles. The summed E-state index contributed by atoms with van der Waals surface area (Å²) in [5, 5.41) is 16.1. The molecule has 2 fully saturated rings. The second-order valence-electron chi connectivity index (χ2n) is 7.88. The van der Waals surface area contributed by atoms with Crippen LogP contribution in [0.2, 0.25) is 0 Å². The van der Waals surface area contributed by atoms with Gasteiger partial charge in [-0.2, -0.15) is 4.80 Å². The summed E-state index contributed by atoms with van der Waals surface area (Å²) in [6, 6.07) is 10.3. The average Bonchev–Trinajstić information content (AvgIpc) is 3.26. The van der Waals surface area contributed by atoms with Crippen LogP contribution < -0.4 is 5.32 Å². The molecule has 1 saturated heterocycles. The second-order valence-corrected chi connectivity index (χ2v) is 7.88. The Labute approximate surface area is 171 Å². The van der Waals surface area contributed by atoms with Crippen molar-refractivity contribution in [2.75, 3.05) is 19.8 Å². The van der Waals surface area contributed by atoms with Crippen molar-refractivity contribution >= 4 is 5.91 Å². The normalized spacial score (nSPS) is 24.9. The highest BCUT2D eigenvalue weighted by Crippen LogP contribution is 2.27. The van der Waals surface area contributed by atoms with Crippen LogP contribution in [-0.4, -0.2) is 58.1 Å². The predicted octanol–water partition coefficient (Wildman–Crippen LogP) is 2.53. The lowest BCUT2D eigenvalue weighted by Crippen LogP contribution is -2.40. The third-order valence-corrected chi connectivity index (χ3v) is 5.66. The molecule has 8 heteroatoms. The van der Waals surface area contributed by atoms with Gasteiger partial charge in [0, 0.05) is 18.2 Å². The van der Waals surface area contributed by atoms with Crippen molar-refractivity contribution in [2.45, 2.75) is 63.1 Å². The first-order chi connectivity index (χ1) is 14.3. The number of hydrogen-bond acceptors (Lipinski definition) is 6. The molecule has 2 aliphatic rings.